The van der Waals surface area contributed by atoms with Crippen LogP contribution in [0.3, 0.4) is 0 Å². The van der Waals surface area contributed by atoms with E-state index in [4.69, 9.17) is 17.3 Å². The van der Waals surface area contributed by atoms with Gasteiger partial charge in [-0.25, -0.2) is 0 Å². The molecule has 0 aliphatic rings. The van der Waals surface area contributed by atoms with E-state index >= 15 is 0 Å². The second kappa shape index (κ2) is 4.81. The normalized spacial score (nSPS) is 10.2. The highest BCUT2D eigenvalue weighted by Crippen LogP contribution is 1.79. The molecule has 3 heteroatoms. The third-order valence-electron chi connectivity index (χ3n) is 0.572. The minimum Gasteiger partial charge on any atom is -0.327 e. The zero-order valence-electron chi connectivity index (χ0n) is 4.43. The Hall–Kier alpha value is -0.340. The number of ketones is 1. The Labute approximate surface area is 53.3 Å². The summed E-state index contributed by atoms with van der Waals surface area (Å²) in [5.74, 6) is -0.0617. The first-order valence-electron chi connectivity index (χ1n) is 2.26. The van der Waals surface area contributed by atoms with Crippen LogP contribution in [0.1, 0.15) is 0 Å². The highest BCUT2D eigenvalue weighted by Gasteiger charge is 1.87. The van der Waals surface area contributed by atoms with E-state index in [1.54, 1.807) is 6.08 Å². The minimum absolute atomic E-state index is 0.0382. The van der Waals surface area contributed by atoms with E-state index < -0.39 is 0 Å². The number of allylic oxidation sites excluding steroid dienone is 1. The number of nitrogens with two attached hydrogens (primary N) is 1. The molecule has 46 valence electrons. The van der Waals surface area contributed by atoms with Gasteiger partial charge in [0.15, 0.2) is 5.78 Å². The number of hydrogen-bond donors (Lipinski definition) is 1. The number of carbonyl (C=O) groups is 1. The van der Waals surface area contributed by atoms with Gasteiger partial charge >= 0.3 is 0 Å². The van der Waals surface area contributed by atoms with Crippen LogP contribution in [0.5, 0.6) is 0 Å². The Morgan fingerprint density at radius 2 is 2.38 bits per heavy atom. The van der Waals surface area contributed by atoms with Crippen LogP contribution in [-0.4, -0.2) is 18.2 Å². The predicted molar refractivity (Wildman–Crippen MR) is 33.9 cm³/mol. The maximum absolute atomic E-state index is 10.3. The Bertz CT molecular complexity index is 101. The van der Waals surface area contributed by atoms with E-state index in [1.165, 1.54) is 6.08 Å². The van der Waals surface area contributed by atoms with Crippen molar-refractivity contribution in [1.82, 2.24) is 0 Å². The van der Waals surface area contributed by atoms with Crippen molar-refractivity contribution in [3.8, 4) is 0 Å². The van der Waals surface area contributed by atoms with Gasteiger partial charge in [0.2, 0.25) is 0 Å². The molecule has 0 amide bonds. The lowest BCUT2D eigenvalue weighted by Crippen LogP contribution is -1.97. The third kappa shape index (κ3) is 3.84. The zero-order chi connectivity index (χ0) is 6.41. The quantitative estimate of drug-likeness (QED) is 0.445. The molecule has 0 radical (unpaired) electrons. The SMILES string of the molecule is NC/C=C\C(=O)CCl. The summed E-state index contributed by atoms with van der Waals surface area (Å²) in [7, 11) is 0. The maximum Gasteiger partial charge on any atom is 0.170 e. The molecule has 0 heterocycles. The van der Waals surface area contributed by atoms with Crippen molar-refractivity contribution in [3.63, 3.8) is 0 Å². The van der Waals surface area contributed by atoms with E-state index in [9.17, 15) is 4.79 Å². The largest absolute Gasteiger partial charge is 0.327 e. The van der Waals surface area contributed by atoms with Crippen molar-refractivity contribution in [3.05, 3.63) is 12.2 Å². The minimum atomic E-state index is -0.0999. The van der Waals surface area contributed by atoms with Gasteiger partial charge in [-0.3, -0.25) is 4.79 Å². The van der Waals surface area contributed by atoms with Crippen LogP contribution in [0, 0.1) is 0 Å². The van der Waals surface area contributed by atoms with Crippen LogP contribution in [0.2, 0.25) is 0 Å². The highest BCUT2D eigenvalue weighted by molar-refractivity contribution is 6.29. The number of carbonyl (C=O) groups excluding carboxylic acids is 1. The Kier molecular flexibility index (Phi) is 4.61. The summed E-state index contributed by atoms with van der Waals surface area (Å²) in [5, 5.41) is 0. The van der Waals surface area contributed by atoms with Crippen LogP contribution in [0.4, 0.5) is 0 Å². The van der Waals surface area contributed by atoms with E-state index in [2.05, 4.69) is 0 Å². The molecule has 0 saturated carbocycles. The van der Waals surface area contributed by atoms with E-state index in [-0.39, 0.29) is 11.7 Å². The number of hydrogen-bond acceptors (Lipinski definition) is 2. The monoisotopic (exact) mass is 133 g/mol. The first-order valence-corrected chi connectivity index (χ1v) is 2.80. The molecule has 0 fully saturated rings. The average Bonchev–Trinajstić information content (AvgIpc) is 1.83. The number of halogens is 1. The van der Waals surface area contributed by atoms with Gasteiger partial charge in [0, 0.05) is 6.54 Å². The van der Waals surface area contributed by atoms with Gasteiger partial charge in [0.25, 0.3) is 0 Å². The number of alkyl halides is 1. The molecule has 0 aromatic heterocycles. The molecule has 0 unspecified atom stereocenters. The molecule has 0 bridgehead atoms. The van der Waals surface area contributed by atoms with Gasteiger partial charge in [-0.05, 0) is 6.08 Å². The van der Waals surface area contributed by atoms with Crippen LogP contribution in [-0.2, 0) is 4.79 Å². The molecule has 2 N–H and O–H groups in total. The predicted octanol–water partition coefficient (Wildman–Crippen LogP) is 0.309. The molecular weight excluding hydrogens is 126 g/mol. The molecule has 0 saturated heterocycles. The topological polar surface area (TPSA) is 43.1 Å². The molecule has 0 aromatic carbocycles. The standard InChI is InChI=1S/C5H8ClNO/c6-4-5(8)2-1-3-7/h1-2H,3-4,7H2/b2-1-. The van der Waals surface area contributed by atoms with Gasteiger partial charge < -0.3 is 5.73 Å². The molecule has 0 aromatic rings. The molecule has 0 atom stereocenters. The molecule has 8 heavy (non-hydrogen) atoms. The summed E-state index contributed by atoms with van der Waals surface area (Å²) in [5.41, 5.74) is 5.05. The molecule has 0 rings (SSSR count). The number of rotatable bonds is 3. The second-order valence-electron chi connectivity index (χ2n) is 1.24. The molecule has 2 nitrogen and oxygen atoms in total. The van der Waals surface area contributed by atoms with Gasteiger partial charge in [-0.1, -0.05) is 6.08 Å². The van der Waals surface area contributed by atoms with Crippen molar-refractivity contribution >= 4 is 17.4 Å². The summed E-state index contributed by atoms with van der Waals surface area (Å²) in [6.45, 7) is 0.391. The lowest BCUT2D eigenvalue weighted by Gasteiger charge is -1.79. The first-order chi connectivity index (χ1) is 3.81. The van der Waals surface area contributed by atoms with Gasteiger partial charge in [0.1, 0.15) is 0 Å². The lowest BCUT2D eigenvalue weighted by atomic mass is 10.4. The third-order valence-corrected chi connectivity index (χ3v) is 0.835. The smallest absolute Gasteiger partial charge is 0.170 e. The van der Waals surface area contributed by atoms with Crippen LogP contribution in [0.15, 0.2) is 12.2 Å². The second-order valence-corrected chi connectivity index (χ2v) is 1.51. The molecular formula is C5H8ClNO. The lowest BCUT2D eigenvalue weighted by molar-refractivity contribution is -0.112. The average molecular weight is 134 g/mol. The van der Waals surface area contributed by atoms with Crippen LogP contribution in [0.25, 0.3) is 0 Å². The van der Waals surface area contributed by atoms with Gasteiger partial charge in [-0.15, -0.1) is 11.6 Å². The van der Waals surface area contributed by atoms with Crippen LogP contribution < -0.4 is 5.73 Å². The summed E-state index contributed by atoms with van der Waals surface area (Å²) in [4.78, 5) is 10.3. The van der Waals surface area contributed by atoms with Crippen molar-refractivity contribution < 1.29 is 4.79 Å². The first kappa shape index (κ1) is 7.66. The molecule has 0 spiro atoms. The summed E-state index contributed by atoms with van der Waals surface area (Å²) in [6, 6.07) is 0. The zero-order valence-corrected chi connectivity index (χ0v) is 5.19. The highest BCUT2D eigenvalue weighted by atomic mass is 35.5. The summed E-state index contributed by atoms with van der Waals surface area (Å²) >= 11 is 5.15. The van der Waals surface area contributed by atoms with Crippen molar-refractivity contribution in [1.29, 1.82) is 0 Å². The van der Waals surface area contributed by atoms with Crippen molar-refractivity contribution in [2.75, 3.05) is 12.4 Å². The van der Waals surface area contributed by atoms with Crippen LogP contribution >= 0.6 is 11.6 Å². The van der Waals surface area contributed by atoms with Crippen molar-refractivity contribution in [2.45, 2.75) is 0 Å². The van der Waals surface area contributed by atoms with Gasteiger partial charge in [0.05, 0.1) is 5.88 Å². The fourth-order valence-corrected chi connectivity index (χ4v) is 0.333. The van der Waals surface area contributed by atoms with E-state index in [1.807, 2.05) is 0 Å². The maximum atomic E-state index is 10.3. The van der Waals surface area contributed by atoms with Gasteiger partial charge in [-0.2, -0.15) is 0 Å². The Balaban J connectivity index is 3.37. The molecule has 0 aliphatic carbocycles. The van der Waals surface area contributed by atoms with E-state index in [0.29, 0.717) is 6.54 Å². The van der Waals surface area contributed by atoms with E-state index in [0.717, 1.165) is 0 Å². The Morgan fingerprint density at radius 3 is 2.75 bits per heavy atom. The molecule has 0 aliphatic heterocycles. The Morgan fingerprint density at radius 1 is 1.75 bits per heavy atom. The fourth-order valence-electron chi connectivity index (χ4n) is 0.244. The summed E-state index contributed by atoms with van der Waals surface area (Å²) < 4.78 is 0. The fraction of sp³-hybridized carbons (Fsp3) is 0.400. The van der Waals surface area contributed by atoms with Crippen molar-refractivity contribution in [2.24, 2.45) is 5.73 Å². The summed E-state index contributed by atoms with van der Waals surface area (Å²) in [6.07, 6.45) is 2.96.